The van der Waals surface area contributed by atoms with Crippen LogP contribution in [0.3, 0.4) is 0 Å². The molecule has 0 aromatic heterocycles. The highest BCUT2D eigenvalue weighted by Crippen LogP contribution is 2.60. The molecule has 0 radical (unpaired) electrons. The lowest BCUT2D eigenvalue weighted by Gasteiger charge is -2.36. The van der Waals surface area contributed by atoms with Gasteiger partial charge in [-0.1, -0.05) is 84.9 Å². The fourth-order valence-corrected chi connectivity index (χ4v) is 5.40. The third-order valence-corrected chi connectivity index (χ3v) is 6.77. The molecule has 3 aromatic carbocycles. The number of carbonyl (C=O) groups excluding carboxylic acids is 2. The predicted octanol–water partition coefficient (Wildman–Crippen LogP) is 4.75. The first kappa shape index (κ1) is 20.7. The van der Waals surface area contributed by atoms with Gasteiger partial charge in [0, 0.05) is 17.7 Å². The van der Waals surface area contributed by atoms with Gasteiger partial charge >= 0.3 is 5.97 Å². The zero-order valence-corrected chi connectivity index (χ0v) is 18.1. The SMILES string of the molecule is COC(=O)[C@@]1(C#N)[C@@H](c2ccccc2)[C@H](C(=O)c2ccccc2)N2C=Cc3ccccc3[C@@H]21. The van der Waals surface area contributed by atoms with Crippen molar-refractivity contribution >= 4 is 17.8 Å². The van der Waals surface area contributed by atoms with Crippen LogP contribution in [0.2, 0.25) is 0 Å². The Morgan fingerprint density at radius 3 is 2.24 bits per heavy atom. The molecule has 0 amide bonds. The predicted molar refractivity (Wildman–Crippen MR) is 124 cm³/mol. The minimum Gasteiger partial charge on any atom is -0.468 e. The van der Waals surface area contributed by atoms with Crippen LogP contribution in [0, 0.1) is 16.7 Å². The maximum Gasteiger partial charge on any atom is 0.329 e. The van der Waals surface area contributed by atoms with Gasteiger partial charge in [-0.2, -0.15) is 5.26 Å². The number of benzene rings is 3. The Labute approximate surface area is 192 Å². The molecule has 1 saturated heterocycles. The maximum atomic E-state index is 14.0. The average Bonchev–Trinajstić information content (AvgIpc) is 3.20. The summed E-state index contributed by atoms with van der Waals surface area (Å²) in [6.07, 6.45) is 3.78. The smallest absolute Gasteiger partial charge is 0.329 e. The molecular weight excluding hydrogens is 412 g/mol. The summed E-state index contributed by atoms with van der Waals surface area (Å²) in [5.74, 6) is -1.51. The van der Waals surface area contributed by atoms with E-state index in [2.05, 4.69) is 6.07 Å². The minimum absolute atomic E-state index is 0.139. The summed E-state index contributed by atoms with van der Waals surface area (Å²) in [4.78, 5) is 29.4. The minimum atomic E-state index is -1.62. The summed E-state index contributed by atoms with van der Waals surface area (Å²) in [5, 5.41) is 10.7. The normalized spacial score (nSPS) is 25.0. The lowest BCUT2D eigenvalue weighted by atomic mass is 9.66. The molecule has 2 aliphatic heterocycles. The number of methoxy groups -OCH3 is 1. The molecule has 2 aliphatic rings. The number of nitriles is 1. The molecule has 1 fully saturated rings. The van der Waals surface area contributed by atoms with Crippen LogP contribution < -0.4 is 0 Å². The number of hydrogen-bond donors (Lipinski definition) is 0. The van der Waals surface area contributed by atoms with Crippen LogP contribution in [-0.4, -0.2) is 29.8 Å². The molecule has 3 aromatic rings. The summed E-state index contributed by atoms with van der Waals surface area (Å²) >= 11 is 0. The number of fused-ring (bicyclic) bond motifs is 3. The van der Waals surface area contributed by atoms with Crippen LogP contribution in [0.4, 0.5) is 0 Å². The zero-order valence-electron chi connectivity index (χ0n) is 18.1. The number of Topliss-reactive ketones (excluding diaryl/α,β-unsaturated/α-hetero) is 1. The van der Waals surface area contributed by atoms with Crippen molar-refractivity contribution < 1.29 is 14.3 Å². The van der Waals surface area contributed by atoms with Crippen LogP contribution in [0.5, 0.6) is 0 Å². The number of esters is 1. The number of nitrogens with zero attached hydrogens (tertiary/aromatic N) is 2. The third kappa shape index (κ3) is 2.99. The van der Waals surface area contributed by atoms with Crippen LogP contribution in [0.1, 0.15) is 39.0 Å². The second-order valence-corrected chi connectivity index (χ2v) is 8.33. The molecule has 0 N–H and O–H groups in total. The molecular formula is C28H22N2O3. The lowest BCUT2D eigenvalue weighted by molar-refractivity contribution is -0.151. The van der Waals surface area contributed by atoms with Crippen LogP contribution in [-0.2, 0) is 9.53 Å². The largest absolute Gasteiger partial charge is 0.468 e. The van der Waals surface area contributed by atoms with E-state index in [4.69, 9.17) is 4.74 Å². The molecule has 33 heavy (non-hydrogen) atoms. The first-order valence-corrected chi connectivity index (χ1v) is 10.8. The van der Waals surface area contributed by atoms with Crippen molar-refractivity contribution in [2.75, 3.05) is 7.11 Å². The van der Waals surface area contributed by atoms with Gasteiger partial charge < -0.3 is 9.64 Å². The molecule has 0 aliphatic carbocycles. The van der Waals surface area contributed by atoms with Crippen LogP contribution >= 0.6 is 0 Å². The summed E-state index contributed by atoms with van der Waals surface area (Å²) in [7, 11) is 1.30. The highest BCUT2D eigenvalue weighted by atomic mass is 16.5. The van der Waals surface area contributed by atoms with E-state index in [1.165, 1.54) is 7.11 Å². The van der Waals surface area contributed by atoms with Gasteiger partial charge in [0.15, 0.2) is 11.2 Å². The molecule has 0 spiro atoms. The number of ketones is 1. The van der Waals surface area contributed by atoms with E-state index in [-0.39, 0.29) is 5.78 Å². The average molecular weight is 434 g/mol. The Morgan fingerprint density at radius 1 is 0.939 bits per heavy atom. The fourth-order valence-electron chi connectivity index (χ4n) is 5.40. The summed E-state index contributed by atoms with van der Waals surface area (Å²) in [6.45, 7) is 0. The van der Waals surface area contributed by atoms with Crippen LogP contribution in [0.15, 0.2) is 91.1 Å². The van der Waals surface area contributed by atoms with Gasteiger partial charge in [-0.25, -0.2) is 0 Å². The van der Waals surface area contributed by atoms with Gasteiger partial charge in [-0.3, -0.25) is 9.59 Å². The van der Waals surface area contributed by atoms with E-state index in [9.17, 15) is 14.9 Å². The molecule has 5 rings (SSSR count). The monoisotopic (exact) mass is 434 g/mol. The van der Waals surface area contributed by atoms with Crippen molar-refractivity contribution in [3.05, 3.63) is 113 Å². The quantitative estimate of drug-likeness (QED) is 0.438. The van der Waals surface area contributed by atoms with Crippen molar-refractivity contribution in [3.63, 3.8) is 0 Å². The molecule has 5 heteroatoms. The number of hydrogen-bond acceptors (Lipinski definition) is 5. The molecule has 0 saturated carbocycles. The van der Waals surface area contributed by atoms with Gasteiger partial charge in [0.2, 0.25) is 0 Å². The molecule has 2 heterocycles. The fraction of sp³-hybridized carbons (Fsp3) is 0.179. The van der Waals surface area contributed by atoms with Gasteiger partial charge in [0.1, 0.15) is 6.04 Å². The van der Waals surface area contributed by atoms with Crippen molar-refractivity contribution in [2.45, 2.75) is 18.0 Å². The first-order valence-electron chi connectivity index (χ1n) is 10.8. The van der Waals surface area contributed by atoms with E-state index in [0.29, 0.717) is 5.56 Å². The summed E-state index contributed by atoms with van der Waals surface area (Å²) in [6, 6.07) is 27.0. The second-order valence-electron chi connectivity index (χ2n) is 8.33. The number of carbonyl (C=O) groups is 2. The Balaban J connectivity index is 1.81. The molecule has 0 unspecified atom stereocenters. The highest BCUT2D eigenvalue weighted by molar-refractivity contribution is 6.03. The van der Waals surface area contributed by atoms with Crippen LogP contribution in [0.25, 0.3) is 6.08 Å². The summed E-state index contributed by atoms with van der Waals surface area (Å²) < 4.78 is 5.25. The Kier molecular flexibility index (Phi) is 5.07. The Hall–Kier alpha value is -4.17. The molecule has 162 valence electrons. The van der Waals surface area contributed by atoms with Gasteiger partial charge in [0.25, 0.3) is 0 Å². The van der Waals surface area contributed by atoms with E-state index in [1.807, 2.05) is 90.0 Å². The maximum absolute atomic E-state index is 14.0. The molecule has 5 nitrogen and oxygen atoms in total. The highest BCUT2D eigenvalue weighted by Gasteiger charge is 2.67. The van der Waals surface area contributed by atoms with E-state index >= 15 is 0 Å². The van der Waals surface area contributed by atoms with E-state index in [1.54, 1.807) is 12.1 Å². The summed E-state index contributed by atoms with van der Waals surface area (Å²) in [5.41, 5.74) is 1.41. The molecule has 4 atom stereocenters. The van der Waals surface area contributed by atoms with Gasteiger partial charge in [-0.05, 0) is 22.8 Å². The van der Waals surface area contributed by atoms with Crippen molar-refractivity contribution in [2.24, 2.45) is 5.41 Å². The Morgan fingerprint density at radius 2 is 1.58 bits per heavy atom. The third-order valence-electron chi connectivity index (χ3n) is 6.77. The van der Waals surface area contributed by atoms with E-state index in [0.717, 1.165) is 16.7 Å². The molecule has 0 bridgehead atoms. The van der Waals surface area contributed by atoms with Crippen molar-refractivity contribution in [1.29, 1.82) is 5.26 Å². The number of rotatable bonds is 4. The second kappa shape index (κ2) is 8.07. The standard InChI is InChI=1S/C28H22N2O3/c1-33-27(32)28(18-29)23(20-11-4-2-5-12-20)24(25(31)21-13-6-3-7-14-21)30-17-16-19-10-8-9-15-22(19)26(28)30/h2-17,23-24,26H,1H3/t23-,24+,26+,28-/m0/s1. The van der Waals surface area contributed by atoms with Gasteiger partial charge in [-0.15, -0.1) is 0 Å². The zero-order chi connectivity index (χ0) is 23.0. The topological polar surface area (TPSA) is 70.4 Å². The Bertz CT molecular complexity index is 1280. The van der Waals surface area contributed by atoms with Crippen molar-refractivity contribution in [1.82, 2.24) is 4.90 Å². The van der Waals surface area contributed by atoms with Crippen molar-refractivity contribution in [3.8, 4) is 6.07 Å². The van der Waals surface area contributed by atoms with Gasteiger partial charge in [0.05, 0.1) is 19.2 Å². The number of ether oxygens (including phenoxy) is 1. The van der Waals surface area contributed by atoms with E-state index < -0.39 is 29.4 Å². The lowest BCUT2D eigenvalue weighted by Crippen LogP contribution is -2.41. The first-order chi connectivity index (χ1) is 16.1.